The van der Waals surface area contributed by atoms with Gasteiger partial charge < -0.3 is 10.1 Å². The molecule has 16 heavy (non-hydrogen) atoms. The molecular weight excluding hydrogens is 204 g/mol. The smallest absolute Gasteiger partial charge is 0.305 e. The third kappa shape index (κ3) is 5.47. The van der Waals surface area contributed by atoms with Crippen molar-refractivity contribution < 1.29 is 9.53 Å². The molecule has 1 N–H and O–H groups in total. The van der Waals surface area contributed by atoms with E-state index in [0.29, 0.717) is 6.42 Å². The number of ether oxygens (including phenoxy) is 1. The number of methoxy groups -OCH3 is 1. The molecule has 0 radical (unpaired) electrons. The second-order valence-corrected chi connectivity index (χ2v) is 4.29. The Kier molecular flexibility index (Phi) is 6.42. The summed E-state index contributed by atoms with van der Waals surface area (Å²) in [5.74, 6) is -0.116. The highest BCUT2D eigenvalue weighted by atomic mass is 16.5. The van der Waals surface area contributed by atoms with Gasteiger partial charge in [-0.1, -0.05) is 6.92 Å². The molecule has 1 aliphatic rings. The first-order valence-corrected chi connectivity index (χ1v) is 6.29. The number of likely N-dealkylation sites (N-methyl/N-ethyl adjacent to an activating group) is 1. The quantitative estimate of drug-likeness (QED) is 0.472. The second-order valence-electron chi connectivity index (χ2n) is 4.29. The highest BCUT2D eigenvalue weighted by molar-refractivity contribution is 5.68. The van der Waals surface area contributed by atoms with Crippen LogP contribution in [-0.2, 0) is 9.53 Å². The largest absolute Gasteiger partial charge is 0.469 e. The molecule has 4 nitrogen and oxygen atoms in total. The van der Waals surface area contributed by atoms with Gasteiger partial charge in [-0.3, -0.25) is 9.69 Å². The Balaban J connectivity index is 1.89. The zero-order chi connectivity index (χ0) is 11.8. The zero-order valence-electron chi connectivity index (χ0n) is 10.5. The standard InChI is InChI=1S/C12H24N2O2/c1-3-14(11-6-7-11)10-9-13-8-4-5-12(15)16-2/h11,13H,3-10H2,1-2H3. The average Bonchev–Trinajstić information content (AvgIpc) is 3.12. The van der Waals surface area contributed by atoms with Crippen molar-refractivity contribution in [1.82, 2.24) is 10.2 Å². The van der Waals surface area contributed by atoms with Crippen LogP contribution in [0.2, 0.25) is 0 Å². The molecule has 0 spiro atoms. The van der Waals surface area contributed by atoms with E-state index in [1.807, 2.05) is 0 Å². The molecule has 0 aliphatic heterocycles. The van der Waals surface area contributed by atoms with Crippen LogP contribution in [0.4, 0.5) is 0 Å². The van der Waals surface area contributed by atoms with Crippen molar-refractivity contribution in [3.8, 4) is 0 Å². The maximum atomic E-state index is 10.8. The summed E-state index contributed by atoms with van der Waals surface area (Å²) in [6.45, 7) is 6.41. The fraction of sp³-hybridized carbons (Fsp3) is 0.917. The monoisotopic (exact) mass is 228 g/mol. The number of rotatable bonds is 9. The summed E-state index contributed by atoms with van der Waals surface area (Å²) in [5, 5.41) is 3.36. The first-order chi connectivity index (χ1) is 7.77. The molecule has 0 unspecified atom stereocenters. The Labute approximate surface area is 98.3 Å². The highest BCUT2D eigenvalue weighted by Crippen LogP contribution is 2.25. The summed E-state index contributed by atoms with van der Waals surface area (Å²) in [6, 6.07) is 0.849. The van der Waals surface area contributed by atoms with E-state index in [1.165, 1.54) is 20.0 Å². The van der Waals surface area contributed by atoms with Gasteiger partial charge in [0.25, 0.3) is 0 Å². The number of hydrogen-bond acceptors (Lipinski definition) is 4. The van der Waals surface area contributed by atoms with E-state index in [0.717, 1.165) is 38.6 Å². The minimum atomic E-state index is -0.116. The fourth-order valence-electron chi connectivity index (χ4n) is 1.85. The maximum Gasteiger partial charge on any atom is 0.305 e. The van der Waals surface area contributed by atoms with Gasteiger partial charge in [0, 0.05) is 25.6 Å². The van der Waals surface area contributed by atoms with Crippen LogP contribution in [0.5, 0.6) is 0 Å². The van der Waals surface area contributed by atoms with Gasteiger partial charge >= 0.3 is 5.97 Å². The molecule has 1 rings (SSSR count). The van der Waals surface area contributed by atoms with Gasteiger partial charge in [-0.05, 0) is 32.4 Å². The van der Waals surface area contributed by atoms with Crippen LogP contribution in [0.1, 0.15) is 32.6 Å². The van der Waals surface area contributed by atoms with Crippen molar-refractivity contribution in [3.05, 3.63) is 0 Å². The Bertz CT molecular complexity index is 205. The van der Waals surface area contributed by atoms with Crippen LogP contribution in [0.25, 0.3) is 0 Å². The van der Waals surface area contributed by atoms with E-state index < -0.39 is 0 Å². The lowest BCUT2D eigenvalue weighted by Gasteiger charge is -2.19. The van der Waals surface area contributed by atoms with Crippen molar-refractivity contribution in [2.75, 3.05) is 33.3 Å². The Morgan fingerprint density at radius 3 is 2.75 bits per heavy atom. The van der Waals surface area contributed by atoms with Crippen LogP contribution in [0, 0.1) is 0 Å². The third-order valence-corrected chi connectivity index (χ3v) is 3.01. The second kappa shape index (κ2) is 7.63. The van der Waals surface area contributed by atoms with Gasteiger partial charge in [0.1, 0.15) is 0 Å². The summed E-state index contributed by atoms with van der Waals surface area (Å²) in [5.41, 5.74) is 0. The van der Waals surface area contributed by atoms with E-state index in [9.17, 15) is 4.79 Å². The minimum Gasteiger partial charge on any atom is -0.469 e. The summed E-state index contributed by atoms with van der Waals surface area (Å²) >= 11 is 0. The number of esters is 1. The summed E-state index contributed by atoms with van der Waals surface area (Å²) in [4.78, 5) is 13.4. The van der Waals surface area contributed by atoms with Crippen LogP contribution in [-0.4, -0.2) is 50.2 Å². The lowest BCUT2D eigenvalue weighted by atomic mass is 10.3. The first kappa shape index (κ1) is 13.5. The van der Waals surface area contributed by atoms with Gasteiger partial charge in [0.05, 0.1) is 7.11 Å². The van der Waals surface area contributed by atoms with E-state index in [4.69, 9.17) is 0 Å². The predicted molar refractivity (Wildman–Crippen MR) is 64.4 cm³/mol. The van der Waals surface area contributed by atoms with Crippen LogP contribution in [0.3, 0.4) is 0 Å². The van der Waals surface area contributed by atoms with Crippen molar-refractivity contribution in [1.29, 1.82) is 0 Å². The van der Waals surface area contributed by atoms with Crippen LogP contribution < -0.4 is 5.32 Å². The molecular formula is C12H24N2O2. The molecule has 1 saturated carbocycles. The number of hydrogen-bond donors (Lipinski definition) is 1. The number of nitrogens with one attached hydrogen (secondary N) is 1. The number of nitrogens with zero attached hydrogens (tertiary/aromatic N) is 1. The fourth-order valence-corrected chi connectivity index (χ4v) is 1.85. The van der Waals surface area contributed by atoms with E-state index in [-0.39, 0.29) is 5.97 Å². The molecule has 0 amide bonds. The van der Waals surface area contributed by atoms with Crippen molar-refractivity contribution in [3.63, 3.8) is 0 Å². The van der Waals surface area contributed by atoms with E-state index in [1.54, 1.807) is 0 Å². The van der Waals surface area contributed by atoms with Crippen molar-refractivity contribution >= 4 is 5.97 Å². The zero-order valence-corrected chi connectivity index (χ0v) is 10.5. The maximum absolute atomic E-state index is 10.8. The predicted octanol–water partition coefficient (Wildman–Crippen LogP) is 1.01. The Morgan fingerprint density at radius 1 is 1.44 bits per heavy atom. The molecule has 1 fully saturated rings. The molecule has 0 bridgehead atoms. The summed E-state index contributed by atoms with van der Waals surface area (Å²) < 4.78 is 4.58. The van der Waals surface area contributed by atoms with Crippen molar-refractivity contribution in [2.45, 2.75) is 38.6 Å². The molecule has 0 aromatic rings. The SMILES string of the molecule is CCN(CCNCCCC(=O)OC)C1CC1. The third-order valence-electron chi connectivity index (χ3n) is 3.01. The van der Waals surface area contributed by atoms with Gasteiger partial charge in [-0.2, -0.15) is 0 Å². The van der Waals surface area contributed by atoms with E-state index in [2.05, 4.69) is 21.9 Å². The molecule has 0 saturated heterocycles. The van der Waals surface area contributed by atoms with Crippen LogP contribution >= 0.6 is 0 Å². The lowest BCUT2D eigenvalue weighted by molar-refractivity contribution is -0.140. The average molecular weight is 228 g/mol. The minimum absolute atomic E-state index is 0.116. The topological polar surface area (TPSA) is 41.6 Å². The van der Waals surface area contributed by atoms with Gasteiger partial charge in [-0.25, -0.2) is 0 Å². The lowest BCUT2D eigenvalue weighted by Crippen LogP contribution is -2.34. The Hall–Kier alpha value is -0.610. The number of carbonyl (C=O) groups excluding carboxylic acids is 1. The molecule has 0 heterocycles. The molecule has 1 aliphatic carbocycles. The molecule has 4 heteroatoms. The first-order valence-electron chi connectivity index (χ1n) is 6.29. The molecule has 0 aromatic heterocycles. The van der Waals surface area contributed by atoms with Gasteiger partial charge in [-0.15, -0.1) is 0 Å². The van der Waals surface area contributed by atoms with Crippen molar-refractivity contribution in [2.24, 2.45) is 0 Å². The summed E-state index contributed by atoms with van der Waals surface area (Å²) in [7, 11) is 1.44. The normalized spacial score (nSPS) is 15.4. The summed E-state index contributed by atoms with van der Waals surface area (Å²) in [6.07, 6.45) is 4.12. The van der Waals surface area contributed by atoms with E-state index >= 15 is 0 Å². The highest BCUT2D eigenvalue weighted by Gasteiger charge is 2.26. The van der Waals surface area contributed by atoms with Gasteiger partial charge in [0.2, 0.25) is 0 Å². The molecule has 0 atom stereocenters. The Morgan fingerprint density at radius 2 is 2.19 bits per heavy atom. The molecule has 0 aromatic carbocycles. The van der Waals surface area contributed by atoms with Gasteiger partial charge in [0.15, 0.2) is 0 Å². The molecule has 94 valence electrons. The number of carbonyl (C=O) groups is 1. The van der Waals surface area contributed by atoms with Crippen LogP contribution in [0.15, 0.2) is 0 Å².